The maximum absolute atomic E-state index is 12.6. The van der Waals surface area contributed by atoms with Crippen LogP contribution in [0.1, 0.15) is 21.4 Å². The third kappa shape index (κ3) is 2.28. The molecule has 0 N–H and O–H groups in total. The van der Waals surface area contributed by atoms with Crippen LogP contribution in [-0.4, -0.2) is 27.7 Å². The van der Waals surface area contributed by atoms with Crippen molar-refractivity contribution in [3.63, 3.8) is 0 Å². The molecule has 0 spiro atoms. The summed E-state index contributed by atoms with van der Waals surface area (Å²) in [5, 5.41) is 0.132. The van der Waals surface area contributed by atoms with Crippen molar-refractivity contribution in [3.05, 3.63) is 59.9 Å². The minimum Gasteiger partial charge on any atom is -0.352 e. The molecule has 4 heteroatoms. The van der Waals surface area contributed by atoms with Gasteiger partial charge in [-0.3, -0.25) is 4.79 Å². The number of benzene rings is 1. The molecule has 3 nitrogen and oxygen atoms in total. The molecule has 0 bridgehead atoms. The molecule has 1 aromatic carbocycles. The van der Waals surface area contributed by atoms with Crippen LogP contribution in [0.25, 0.3) is 0 Å². The number of hydrogen-bond donors (Lipinski definition) is 0. The SMILES string of the molecule is Cn1cccc1C1SCCN1C(=O)c1ccccc1. The topological polar surface area (TPSA) is 25.2 Å². The van der Waals surface area contributed by atoms with Crippen molar-refractivity contribution < 1.29 is 4.79 Å². The molecule has 3 rings (SSSR count). The molecule has 0 radical (unpaired) electrons. The predicted molar refractivity (Wildman–Crippen MR) is 78.1 cm³/mol. The van der Waals surface area contributed by atoms with Crippen LogP contribution in [0.5, 0.6) is 0 Å². The van der Waals surface area contributed by atoms with Crippen molar-refractivity contribution in [1.82, 2.24) is 9.47 Å². The standard InChI is InChI=1S/C15H16N2OS/c1-16-9-5-8-13(16)15-17(10-11-19-15)14(18)12-6-3-2-4-7-12/h2-9,15H,10-11H2,1H3. The molecule has 1 fully saturated rings. The van der Waals surface area contributed by atoms with Crippen LogP contribution in [0.4, 0.5) is 0 Å². The Labute approximate surface area is 117 Å². The van der Waals surface area contributed by atoms with Gasteiger partial charge in [-0.25, -0.2) is 0 Å². The zero-order chi connectivity index (χ0) is 13.2. The summed E-state index contributed by atoms with van der Waals surface area (Å²) in [6.07, 6.45) is 2.03. The Hall–Kier alpha value is -1.68. The Morgan fingerprint density at radius 1 is 1.21 bits per heavy atom. The minimum atomic E-state index is 0.122. The summed E-state index contributed by atoms with van der Waals surface area (Å²) >= 11 is 1.83. The summed E-state index contributed by atoms with van der Waals surface area (Å²) < 4.78 is 2.09. The molecular formula is C15H16N2OS. The van der Waals surface area contributed by atoms with Crippen molar-refractivity contribution in [2.24, 2.45) is 7.05 Å². The van der Waals surface area contributed by atoms with E-state index in [0.29, 0.717) is 0 Å². The maximum atomic E-state index is 12.6. The zero-order valence-corrected chi connectivity index (χ0v) is 11.6. The van der Waals surface area contributed by atoms with Gasteiger partial charge in [0.15, 0.2) is 0 Å². The predicted octanol–water partition coefficient (Wildman–Crippen LogP) is 2.91. The quantitative estimate of drug-likeness (QED) is 0.840. The third-order valence-corrected chi connectivity index (χ3v) is 4.64. The van der Waals surface area contributed by atoms with Gasteiger partial charge in [0, 0.05) is 31.1 Å². The van der Waals surface area contributed by atoms with E-state index in [1.54, 1.807) is 0 Å². The second-order valence-corrected chi connectivity index (χ2v) is 5.82. The van der Waals surface area contributed by atoms with E-state index in [1.807, 2.05) is 66.3 Å². The number of amides is 1. The Morgan fingerprint density at radius 3 is 2.68 bits per heavy atom. The summed E-state index contributed by atoms with van der Waals surface area (Å²) in [6.45, 7) is 0.814. The normalized spacial score (nSPS) is 18.8. The lowest BCUT2D eigenvalue weighted by Gasteiger charge is -2.24. The number of aromatic nitrogens is 1. The number of hydrogen-bond acceptors (Lipinski definition) is 2. The third-order valence-electron chi connectivity index (χ3n) is 3.41. The molecule has 1 aliphatic rings. The van der Waals surface area contributed by atoms with E-state index in [2.05, 4.69) is 10.6 Å². The molecule has 0 aliphatic carbocycles. The van der Waals surface area contributed by atoms with Crippen molar-refractivity contribution in [2.45, 2.75) is 5.37 Å². The summed E-state index contributed by atoms with van der Waals surface area (Å²) in [5.41, 5.74) is 1.95. The number of aryl methyl sites for hydroxylation is 1. The van der Waals surface area contributed by atoms with Crippen molar-refractivity contribution >= 4 is 17.7 Å². The lowest BCUT2D eigenvalue weighted by atomic mass is 10.2. The first-order valence-electron chi connectivity index (χ1n) is 6.36. The van der Waals surface area contributed by atoms with Crippen LogP contribution in [0.15, 0.2) is 48.7 Å². The van der Waals surface area contributed by atoms with E-state index < -0.39 is 0 Å². The maximum Gasteiger partial charge on any atom is 0.255 e. The van der Waals surface area contributed by atoms with Crippen molar-refractivity contribution in [1.29, 1.82) is 0 Å². The largest absolute Gasteiger partial charge is 0.352 e. The average Bonchev–Trinajstić information content (AvgIpc) is 3.07. The van der Waals surface area contributed by atoms with Crippen LogP contribution >= 0.6 is 11.8 Å². The fraction of sp³-hybridized carbons (Fsp3) is 0.267. The van der Waals surface area contributed by atoms with Crippen LogP contribution in [0.2, 0.25) is 0 Å². The number of thioether (sulfide) groups is 1. The molecule has 1 aliphatic heterocycles. The molecule has 1 atom stereocenters. The molecule has 1 saturated heterocycles. The number of rotatable bonds is 2. The lowest BCUT2D eigenvalue weighted by molar-refractivity contribution is 0.0757. The van der Waals surface area contributed by atoms with E-state index in [0.717, 1.165) is 17.9 Å². The zero-order valence-electron chi connectivity index (χ0n) is 10.8. The van der Waals surface area contributed by atoms with Crippen molar-refractivity contribution in [3.8, 4) is 0 Å². The Bertz CT molecular complexity index is 579. The summed E-state index contributed by atoms with van der Waals surface area (Å²) in [5.74, 6) is 1.12. The van der Waals surface area contributed by atoms with Crippen molar-refractivity contribution in [2.75, 3.05) is 12.3 Å². The number of nitrogens with zero attached hydrogens (tertiary/aromatic N) is 2. The minimum absolute atomic E-state index is 0.122. The van der Waals surface area contributed by atoms with Gasteiger partial charge >= 0.3 is 0 Å². The highest BCUT2D eigenvalue weighted by atomic mass is 32.2. The summed E-state index contributed by atoms with van der Waals surface area (Å²) in [7, 11) is 2.03. The van der Waals surface area contributed by atoms with Gasteiger partial charge in [0.2, 0.25) is 0 Å². The first-order chi connectivity index (χ1) is 9.27. The molecular weight excluding hydrogens is 256 g/mol. The summed E-state index contributed by atoms with van der Waals surface area (Å²) in [4.78, 5) is 14.5. The van der Waals surface area contributed by atoms with E-state index >= 15 is 0 Å². The smallest absolute Gasteiger partial charge is 0.255 e. The molecule has 19 heavy (non-hydrogen) atoms. The first kappa shape index (κ1) is 12.4. The highest BCUT2D eigenvalue weighted by Crippen LogP contribution is 2.38. The fourth-order valence-corrected chi connectivity index (χ4v) is 3.72. The fourth-order valence-electron chi connectivity index (χ4n) is 2.40. The summed E-state index contributed by atoms with van der Waals surface area (Å²) in [6, 6.07) is 13.6. The van der Waals surface area contributed by atoms with Gasteiger partial charge in [-0.2, -0.15) is 0 Å². The molecule has 2 heterocycles. The monoisotopic (exact) mass is 272 g/mol. The van der Waals surface area contributed by atoms with Gasteiger partial charge in [0.25, 0.3) is 5.91 Å². The Balaban J connectivity index is 1.88. The van der Waals surface area contributed by atoms with E-state index in [-0.39, 0.29) is 11.3 Å². The number of carbonyl (C=O) groups excluding carboxylic acids is 1. The highest BCUT2D eigenvalue weighted by molar-refractivity contribution is 7.99. The average molecular weight is 272 g/mol. The van der Waals surface area contributed by atoms with E-state index in [9.17, 15) is 4.79 Å². The number of carbonyl (C=O) groups is 1. The van der Waals surface area contributed by atoms with E-state index in [1.165, 1.54) is 5.69 Å². The van der Waals surface area contributed by atoms with Gasteiger partial charge in [0.05, 0.1) is 5.69 Å². The van der Waals surface area contributed by atoms with Crippen LogP contribution in [0.3, 0.4) is 0 Å². The van der Waals surface area contributed by atoms with Crippen LogP contribution in [0, 0.1) is 0 Å². The van der Waals surface area contributed by atoms with Gasteiger partial charge in [0.1, 0.15) is 5.37 Å². The first-order valence-corrected chi connectivity index (χ1v) is 7.41. The lowest BCUT2D eigenvalue weighted by Crippen LogP contribution is -2.31. The molecule has 1 unspecified atom stereocenters. The Morgan fingerprint density at radius 2 is 2.00 bits per heavy atom. The van der Waals surface area contributed by atoms with Gasteiger partial charge in [-0.05, 0) is 24.3 Å². The molecule has 1 aromatic heterocycles. The molecule has 0 saturated carbocycles. The van der Waals surface area contributed by atoms with E-state index in [4.69, 9.17) is 0 Å². The van der Waals surface area contributed by atoms with Gasteiger partial charge < -0.3 is 9.47 Å². The molecule has 98 valence electrons. The Kier molecular flexibility index (Phi) is 3.34. The van der Waals surface area contributed by atoms with Gasteiger partial charge in [-0.15, -0.1) is 11.8 Å². The van der Waals surface area contributed by atoms with Crippen LogP contribution < -0.4 is 0 Å². The van der Waals surface area contributed by atoms with Gasteiger partial charge in [-0.1, -0.05) is 18.2 Å². The molecule has 2 aromatic rings. The molecule has 1 amide bonds. The second kappa shape index (κ2) is 5.13. The van der Waals surface area contributed by atoms with Crippen LogP contribution in [-0.2, 0) is 7.05 Å². The second-order valence-electron chi connectivity index (χ2n) is 4.63. The highest BCUT2D eigenvalue weighted by Gasteiger charge is 2.32.